The van der Waals surface area contributed by atoms with Crippen molar-refractivity contribution in [2.45, 2.75) is 32.2 Å². The van der Waals surface area contributed by atoms with Crippen LogP contribution in [0.15, 0.2) is 18.2 Å². The van der Waals surface area contributed by atoms with Crippen LogP contribution in [0.5, 0.6) is 0 Å². The monoisotopic (exact) mass is 375 g/mol. The SMILES string of the molecule is CC(=O)CC1CCCN1C(=O)c1ccc(F)cc1I. The molecule has 1 aliphatic heterocycles. The molecule has 0 spiro atoms. The molecule has 1 amide bonds. The van der Waals surface area contributed by atoms with E-state index >= 15 is 0 Å². The molecule has 3 nitrogen and oxygen atoms in total. The molecular formula is C14H15FINO2. The lowest BCUT2D eigenvalue weighted by Crippen LogP contribution is -2.37. The summed E-state index contributed by atoms with van der Waals surface area (Å²) < 4.78 is 13.7. The number of hydrogen-bond acceptors (Lipinski definition) is 2. The van der Waals surface area contributed by atoms with Crippen LogP contribution in [0.3, 0.4) is 0 Å². The highest BCUT2D eigenvalue weighted by Crippen LogP contribution is 2.24. The van der Waals surface area contributed by atoms with E-state index in [2.05, 4.69) is 0 Å². The predicted molar refractivity (Wildman–Crippen MR) is 78.5 cm³/mol. The summed E-state index contributed by atoms with van der Waals surface area (Å²) in [5.41, 5.74) is 0.512. The number of benzene rings is 1. The highest BCUT2D eigenvalue weighted by atomic mass is 127. The Hall–Kier alpha value is -0.980. The van der Waals surface area contributed by atoms with E-state index in [4.69, 9.17) is 0 Å². The second-order valence-corrected chi connectivity index (χ2v) is 5.99. The van der Waals surface area contributed by atoms with Gasteiger partial charge in [0.15, 0.2) is 0 Å². The zero-order chi connectivity index (χ0) is 14.0. The number of halogens is 2. The first kappa shape index (κ1) is 14.4. The van der Waals surface area contributed by atoms with Gasteiger partial charge < -0.3 is 4.90 Å². The van der Waals surface area contributed by atoms with Crippen LogP contribution in [-0.2, 0) is 4.79 Å². The van der Waals surface area contributed by atoms with Gasteiger partial charge >= 0.3 is 0 Å². The summed E-state index contributed by atoms with van der Waals surface area (Å²) in [6, 6.07) is 4.16. The Labute approximate surface area is 125 Å². The van der Waals surface area contributed by atoms with Crippen LogP contribution in [0.1, 0.15) is 36.5 Å². The Morgan fingerprint density at radius 1 is 1.47 bits per heavy atom. The van der Waals surface area contributed by atoms with E-state index in [-0.39, 0.29) is 23.5 Å². The minimum atomic E-state index is -0.345. The van der Waals surface area contributed by atoms with Crippen molar-refractivity contribution in [1.82, 2.24) is 4.90 Å². The zero-order valence-electron chi connectivity index (χ0n) is 10.7. The quantitative estimate of drug-likeness (QED) is 0.762. The van der Waals surface area contributed by atoms with Crippen LogP contribution >= 0.6 is 22.6 Å². The van der Waals surface area contributed by atoms with E-state index in [0.717, 1.165) is 12.8 Å². The fourth-order valence-corrected chi connectivity index (χ4v) is 3.17. The van der Waals surface area contributed by atoms with Crippen molar-refractivity contribution in [1.29, 1.82) is 0 Å². The highest BCUT2D eigenvalue weighted by molar-refractivity contribution is 14.1. The smallest absolute Gasteiger partial charge is 0.255 e. The molecule has 1 heterocycles. The van der Waals surface area contributed by atoms with Gasteiger partial charge in [-0.1, -0.05) is 0 Å². The normalized spacial score (nSPS) is 18.7. The minimum Gasteiger partial charge on any atom is -0.335 e. The topological polar surface area (TPSA) is 37.4 Å². The molecule has 1 saturated heterocycles. The number of carbonyl (C=O) groups is 2. The lowest BCUT2D eigenvalue weighted by atomic mass is 10.1. The molecule has 1 aromatic carbocycles. The molecule has 0 aliphatic carbocycles. The highest BCUT2D eigenvalue weighted by Gasteiger charge is 2.30. The summed E-state index contributed by atoms with van der Waals surface area (Å²) in [5.74, 6) is -0.352. The number of ketones is 1. The van der Waals surface area contributed by atoms with Gasteiger partial charge in [0.05, 0.1) is 5.56 Å². The third kappa shape index (κ3) is 3.32. The van der Waals surface area contributed by atoms with Gasteiger partial charge in [0, 0.05) is 22.6 Å². The number of amides is 1. The molecule has 0 bridgehead atoms. The first-order chi connectivity index (χ1) is 8.99. The maximum absolute atomic E-state index is 13.1. The Morgan fingerprint density at radius 3 is 2.84 bits per heavy atom. The molecule has 1 fully saturated rings. The van der Waals surface area contributed by atoms with E-state index < -0.39 is 0 Å². The molecule has 1 unspecified atom stereocenters. The van der Waals surface area contributed by atoms with Crippen LogP contribution < -0.4 is 0 Å². The van der Waals surface area contributed by atoms with Crippen LogP contribution in [0.25, 0.3) is 0 Å². The molecule has 0 aromatic heterocycles. The summed E-state index contributed by atoms with van der Waals surface area (Å²) in [4.78, 5) is 25.4. The molecule has 1 aliphatic rings. The van der Waals surface area contributed by atoms with Gasteiger partial charge in [0.25, 0.3) is 5.91 Å². The maximum Gasteiger partial charge on any atom is 0.255 e. The van der Waals surface area contributed by atoms with Crippen molar-refractivity contribution in [3.8, 4) is 0 Å². The standard InChI is InChI=1S/C14H15FINO2/c1-9(18)7-11-3-2-6-17(11)14(19)12-5-4-10(15)8-13(12)16/h4-5,8,11H,2-3,6-7H2,1H3. The molecule has 0 radical (unpaired) electrons. The average molecular weight is 375 g/mol. The van der Waals surface area contributed by atoms with Gasteiger partial charge in [0.1, 0.15) is 11.6 Å². The van der Waals surface area contributed by atoms with Gasteiger partial charge in [-0.05, 0) is 60.6 Å². The Balaban J connectivity index is 2.20. The van der Waals surface area contributed by atoms with E-state index in [1.807, 2.05) is 22.6 Å². The van der Waals surface area contributed by atoms with E-state index in [1.54, 1.807) is 11.8 Å². The lowest BCUT2D eigenvalue weighted by molar-refractivity contribution is -0.117. The number of likely N-dealkylation sites (tertiary alicyclic amines) is 1. The number of hydrogen-bond donors (Lipinski definition) is 0. The first-order valence-corrected chi connectivity index (χ1v) is 7.32. The fourth-order valence-electron chi connectivity index (χ4n) is 2.46. The molecule has 0 N–H and O–H groups in total. The van der Waals surface area contributed by atoms with Crippen LogP contribution in [-0.4, -0.2) is 29.2 Å². The summed E-state index contributed by atoms with van der Waals surface area (Å²) in [6.45, 7) is 2.22. The van der Waals surface area contributed by atoms with Crippen LogP contribution in [0, 0.1) is 9.39 Å². The number of nitrogens with zero attached hydrogens (tertiary/aromatic N) is 1. The summed E-state index contributed by atoms with van der Waals surface area (Å²) in [7, 11) is 0. The fraction of sp³-hybridized carbons (Fsp3) is 0.429. The molecule has 19 heavy (non-hydrogen) atoms. The number of carbonyl (C=O) groups excluding carboxylic acids is 2. The van der Waals surface area contributed by atoms with Crippen molar-refractivity contribution in [3.63, 3.8) is 0 Å². The van der Waals surface area contributed by atoms with Crippen LogP contribution in [0.2, 0.25) is 0 Å². The largest absolute Gasteiger partial charge is 0.335 e. The average Bonchev–Trinajstić information content (AvgIpc) is 2.75. The van der Waals surface area contributed by atoms with E-state index in [9.17, 15) is 14.0 Å². The second kappa shape index (κ2) is 5.98. The Bertz CT molecular complexity index is 518. The third-order valence-corrected chi connectivity index (χ3v) is 4.22. The summed E-state index contributed by atoms with van der Waals surface area (Å²) in [5, 5.41) is 0. The lowest BCUT2D eigenvalue weighted by Gasteiger charge is -2.24. The number of rotatable bonds is 3. The molecule has 1 aromatic rings. The van der Waals surface area contributed by atoms with Gasteiger partial charge in [-0.25, -0.2) is 4.39 Å². The summed E-state index contributed by atoms with van der Waals surface area (Å²) >= 11 is 1.97. The van der Waals surface area contributed by atoms with Crippen molar-refractivity contribution in [2.24, 2.45) is 0 Å². The second-order valence-electron chi connectivity index (χ2n) is 4.82. The van der Waals surface area contributed by atoms with Crippen molar-refractivity contribution in [3.05, 3.63) is 33.1 Å². The van der Waals surface area contributed by atoms with E-state index in [1.165, 1.54) is 18.2 Å². The van der Waals surface area contributed by atoms with E-state index in [0.29, 0.717) is 22.1 Å². The molecular weight excluding hydrogens is 360 g/mol. The minimum absolute atomic E-state index is 0.00847. The predicted octanol–water partition coefficient (Wildman–Crippen LogP) is 3.01. The summed E-state index contributed by atoms with van der Waals surface area (Å²) in [6.07, 6.45) is 2.19. The molecule has 1 atom stereocenters. The van der Waals surface area contributed by atoms with Crippen LogP contribution in [0.4, 0.5) is 4.39 Å². The van der Waals surface area contributed by atoms with Gasteiger partial charge in [-0.2, -0.15) is 0 Å². The van der Waals surface area contributed by atoms with Gasteiger partial charge in [0.2, 0.25) is 0 Å². The van der Waals surface area contributed by atoms with Crippen molar-refractivity contribution >= 4 is 34.3 Å². The molecule has 0 saturated carbocycles. The Kier molecular flexibility index (Phi) is 4.54. The zero-order valence-corrected chi connectivity index (χ0v) is 12.8. The molecule has 2 rings (SSSR count). The molecule has 102 valence electrons. The molecule has 5 heteroatoms. The van der Waals surface area contributed by atoms with Crippen molar-refractivity contribution in [2.75, 3.05) is 6.54 Å². The van der Waals surface area contributed by atoms with Gasteiger partial charge in [-0.3, -0.25) is 9.59 Å². The third-order valence-electron chi connectivity index (χ3n) is 3.32. The van der Waals surface area contributed by atoms with Gasteiger partial charge in [-0.15, -0.1) is 0 Å². The maximum atomic E-state index is 13.1. The first-order valence-electron chi connectivity index (χ1n) is 6.24. The number of Topliss-reactive ketones (excluding diaryl/α,β-unsaturated/α-hetero) is 1. The van der Waals surface area contributed by atoms with Crippen molar-refractivity contribution < 1.29 is 14.0 Å². The Morgan fingerprint density at radius 2 is 2.21 bits per heavy atom.